The molecule has 0 saturated heterocycles. The van der Waals surface area contributed by atoms with E-state index in [-0.39, 0.29) is 5.76 Å². The largest absolute Gasteiger partial charge is 0.464 e. The Morgan fingerprint density at radius 1 is 1.22 bits per heavy atom. The van der Waals surface area contributed by atoms with Crippen LogP contribution >= 0.6 is 69.6 Å². The van der Waals surface area contributed by atoms with Crippen LogP contribution in [0.3, 0.4) is 0 Å². The van der Waals surface area contributed by atoms with Crippen LogP contribution < -0.4 is 0 Å². The van der Waals surface area contributed by atoms with E-state index in [4.69, 9.17) is 74.0 Å². The van der Waals surface area contributed by atoms with Gasteiger partial charge in [-0.1, -0.05) is 69.6 Å². The summed E-state index contributed by atoms with van der Waals surface area (Å²) in [4.78, 5) is 11.5. The molecule has 0 fully saturated rings. The zero-order chi connectivity index (χ0) is 14.1. The summed E-state index contributed by atoms with van der Waals surface area (Å²) in [7, 11) is 0. The summed E-state index contributed by atoms with van der Waals surface area (Å²) in [6.07, 6.45) is 2.52. The van der Waals surface area contributed by atoms with Crippen molar-refractivity contribution in [3.05, 3.63) is 29.7 Å². The van der Waals surface area contributed by atoms with Gasteiger partial charge in [0, 0.05) is 5.56 Å². The number of ketones is 1. The van der Waals surface area contributed by atoms with Crippen molar-refractivity contribution in [1.29, 1.82) is 0 Å². The fourth-order valence-electron chi connectivity index (χ4n) is 1.05. The number of carbonyl (C=O) groups excluding carboxylic acids is 1. The zero-order valence-corrected chi connectivity index (χ0v) is 13.4. The van der Waals surface area contributed by atoms with Crippen LogP contribution in [0.4, 0.5) is 0 Å². The van der Waals surface area contributed by atoms with Crippen molar-refractivity contribution in [3.63, 3.8) is 0 Å². The molecule has 0 aliphatic heterocycles. The molecule has 1 heterocycles. The van der Waals surface area contributed by atoms with Crippen LogP contribution in [0.1, 0.15) is 18.2 Å². The summed E-state index contributed by atoms with van der Waals surface area (Å²) < 4.78 is 1.40. The molecule has 0 atom stereocenters. The van der Waals surface area contributed by atoms with Crippen LogP contribution in [-0.2, 0) is 8.59 Å². The Morgan fingerprint density at radius 2 is 1.78 bits per heavy atom. The standard InChI is InChI=1S/C10H6Cl6O2/c1-5(2-7(17)9(11,12)13)6-3-8(18-4-6)10(14,15)16/h2-4H,1H3/b5-2+. The lowest BCUT2D eigenvalue weighted by molar-refractivity contribution is -0.113. The molecule has 2 nitrogen and oxygen atoms in total. The van der Waals surface area contributed by atoms with E-state index in [1.807, 2.05) is 0 Å². The Morgan fingerprint density at radius 3 is 2.17 bits per heavy atom. The third-order valence-corrected chi connectivity index (χ3v) is 3.08. The predicted molar refractivity (Wildman–Crippen MR) is 76.9 cm³/mol. The molecule has 1 aromatic rings. The Labute approximate surface area is 134 Å². The van der Waals surface area contributed by atoms with Crippen LogP contribution in [0, 0.1) is 0 Å². The van der Waals surface area contributed by atoms with Crippen molar-refractivity contribution in [2.24, 2.45) is 0 Å². The maximum absolute atomic E-state index is 11.5. The summed E-state index contributed by atoms with van der Waals surface area (Å²) in [5.74, 6) is -0.529. The number of hydrogen-bond acceptors (Lipinski definition) is 2. The molecule has 18 heavy (non-hydrogen) atoms. The minimum Gasteiger partial charge on any atom is -0.464 e. The van der Waals surface area contributed by atoms with Gasteiger partial charge in [-0.2, -0.15) is 0 Å². The normalized spacial score (nSPS) is 13.8. The van der Waals surface area contributed by atoms with Crippen molar-refractivity contribution in [1.82, 2.24) is 0 Å². The maximum atomic E-state index is 11.5. The van der Waals surface area contributed by atoms with Gasteiger partial charge in [0.2, 0.25) is 9.58 Å². The van der Waals surface area contributed by atoms with Crippen molar-refractivity contribution < 1.29 is 9.21 Å². The van der Waals surface area contributed by atoms with Crippen LogP contribution in [-0.4, -0.2) is 9.58 Å². The SMILES string of the molecule is C/C(=C\C(=O)C(Cl)(Cl)Cl)c1coc(C(Cl)(Cl)Cl)c1. The zero-order valence-electron chi connectivity index (χ0n) is 8.82. The minimum absolute atomic E-state index is 0.136. The molecule has 0 unspecified atom stereocenters. The summed E-state index contributed by atoms with van der Waals surface area (Å²) in [6.45, 7) is 1.64. The molecule has 0 radical (unpaired) electrons. The van der Waals surface area contributed by atoms with Crippen molar-refractivity contribution >= 4 is 81.0 Å². The Hall–Kier alpha value is 0.430. The van der Waals surface area contributed by atoms with Crippen LogP contribution in [0.15, 0.2) is 22.8 Å². The lowest BCUT2D eigenvalue weighted by Gasteiger charge is -2.06. The number of halogens is 6. The van der Waals surface area contributed by atoms with Crippen molar-refractivity contribution in [2.45, 2.75) is 14.5 Å². The number of hydrogen-bond donors (Lipinski definition) is 0. The van der Waals surface area contributed by atoms with Crippen LogP contribution in [0.2, 0.25) is 0 Å². The number of furan rings is 1. The fraction of sp³-hybridized carbons (Fsp3) is 0.300. The lowest BCUT2D eigenvalue weighted by atomic mass is 10.1. The summed E-state index contributed by atoms with van der Waals surface area (Å²) in [5.41, 5.74) is 1.08. The quantitative estimate of drug-likeness (QED) is 0.512. The second-order valence-corrected chi connectivity index (χ2v) is 7.95. The first-order valence-electron chi connectivity index (χ1n) is 4.47. The van der Waals surface area contributed by atoms with E-state index in [9.17, 15) is 4.79 Å². The van der Waals surface area contributed by atoms with Crippen LogP contribution in [0.25, 0.3) is 5.57 Å². The summed E-state index contributed by atoms with van der Waals surface area (Å²) in [6, 6.07) is 1.49. The van der Waals surface area contributed by atoms with Gasteiger partial charge in [0.05, 0.1) is 6.26 Å². The van der Waals surface area contributed by atoms with Crippen molar-refractivity contribution in [2.75, 3.05) is 0 Å². The molecule has 0 aromatic carbocycles. The maximum Gasteiger partial charge on any atom is 0.252 e. The molecular formula is C10H6Cl6O2. The Bertz CT molecular complexity index is 477. The average Bonchev–Trinajstić information content (AvgIpc) is 2.63. The number of carbonyl (C=O) groups is 1. The van der Waals surface area contributed by atoms with Gasteiger partial charge in [-0.15, -0.1) is 0 Å². The molecule has 0 N–H and O–H groups in total. The van der Waals surface area contributed by atoms with Gasteiger partial charge >= 0.3 is 0 Å². The highest BCUT2D eigenvalue weighted by Gasteiger charge is 2.30. The van der Waals surface area contributed by atoms with Gasteiger partial charge in [0.1, 0.15) is 0 Å². The first-order chi connectivity index (χ1) is 8.01. The molecule has 0 amide bonds. The van der Waals surface area contributed by atoms with E-state index in [1.165, 1.54) is 18.4 Å². The molecular weight excluding hydrogens is 365 g/mol. The molecule has 0 aliphatic carbocycles. The first-order valence-corrected chi connectivity index (χ1v) is 6.74. The molecule has 0 aliphatic rings. The lowest BCUT2D eigenvalue weighted by Crippen LogP contribution is -2.16. The minimum atomic E-state index is -2.00. The van der Waals surface area contributed by atoms with E-state index < -0.39 is 13.4 Å². The van der Waals surface area contributed by atoms with Gasteiger partial charge < -0.3 is 4.42 Å². The second-order valence-electron chi connectivity index (χ2n) is 3.39. The number of allylic oxidation sites excluding steroid dienone is 2. The second kappa shape index (κ2) is 5.82. The molecule has 1 aromatic heterocycles. The topological polar surface area (TPSA) is 30.2 Å². The van der Waals surface area contributed by atoms with Crippen LogP contribution in [0.5, 0.6) is 0 Å². The van der Waals surface area contributed by atoms with Gasteiger partial charge in [0.25, 0.3) is 3.79 Å². The van der Waals surface area contributed by atoms with E-state index in [0.29, 0.717) is 11.1 Å². The highest BCUT2D eigenvalue weighted by Crippen LogP contribution is 2.40. The molecule has 100 valence electrons. The predicted octanol–water partition coefficient (Wildman–Crippen LogP) is 5.45. The van der Waals surface area contributed by atoms with Gasteiger partial charge in [-0.25, -0.2) is 0 Å². The molecule has 0 spiro atoms. The van der Waals surface area contributed by atoms with E-state index in [1.54, 1.807) is 6.92 Å². The fourth-order valence-corrected chi connectivity index (χ4v) is 1.51. The molecule has 0 saturated carbocycles. The first kappa shape index (κ1) is 16.5. The smallest absolute Gasteiger partial charge is 0.252 e. The highest BCUT2D eigenvalue weighted by molar-refractivity contribution is 6.77. The number of rotatable bonds is 2. The van der Waals surface area contributed by atoms with Gasteiger partial charge in [0.15, 0.2) is 5.76 Å². The van der Waals surface area contributed by atoms with Gasteiger partial charge in [-0.05, 0) is 24.6 Å². The third kappa shape index (κ3) is 4.52. The number of alkyl halides is 6. The molecule has 8 heteroatoms. The monoisotopic (exact) mass is 368 g/mol. The Balaban J connectivity index is 2.99. The van der Waals surface area contributed by atoms with Crippen molar-refractivity contribution in [3.8, 4) is 0 Å². The molecule has 1 rings (SSSR count). The average molecular weight is 371 g/mol. The summed E-state index contributed by atoms with van der Waals surface area (Å²) >= 11 is 33.3. The van der Waals surface area contributed by atoms with E-state index >= 15 is 0 Å². The van der Waals surface area contributed by atoms with Gasteiger partial charge in [-0.3, -0.25) is 4.79 Å². The highest BCUT2D eigenvalue weighted by atomic mass is 35.6. The van der Waals surface area contributed by atoms with E-state index in [0.717, 1.165) is 0 Å². The summed E-state index contributed by atoms with van der Waals surface area (Å²) in [5, 5.41) is 0. The molecule has 0 bridgehead atoms. The Kier molecular flexibility index (Phi) is 5.33. The third-order valence-electron chi connectivity index (χ3n) is 1.96. The van der Waals surface area contributed by atoms with E-state index in [2.05, 4.69) is 0 Å².